The highest BCUT2D eigenvalue weighted by atomic mass is 32.2. The molecule has 1 saturated heterocycles. The van der Waals surface area contributed by atoms with Crippen LogP contribution in [0.3, 0.4) is 0 Å². The fraction of sp³-hybridized carbons (Fsp3) is 0.538. The molecule has 9 heteroatoms. The van der Waals surface area contributed by atoms with Crippen LogP contribution in [0.15, 0.2) is 35.7 Å². The minimum Gasteiger partial charge on any atom is -0.356 e. The first-order chi connectivity index (χ1) is 16.9. The van der Waals surface area contributed by atoms with Gasteiger partial charge < -0.3 is 15.5 Å². The number of fused-ring (bicyclic) bond motifs is 1. The number of nitrogens with one attached hydrogen (secondary N) is 2. The maximum absolute atomic E-state index is 13.4. The van der Waals surface area contributed by atoms with E-state index in [4.69, 9.17) is 0 Å². The highest BCUT2D eigenvalue weighted by Crippen LogP contribution is 2.36. The molecular weight excluding hydrogens is 464 g/mol. The molecule has 0 bridgehead atoms. The first-order valence-corrected chi connectivity index (χ1v) is 13.4. The average molecular weight is 499 g/mol. The molecule has 0 radical (unpaired) electrons. The zero-order valence-corrected chi connectivity index (χ0v) is 21.2. The lowest BCUT2D eigenvalue weighted by Gasteiger charge is -2.42. The number of aryl methyl sites for hydroxylation is 1. The van der Waals surface area contributed by atoms with Crippen molar-refractivity contribution in [2.24, 2.45) is 11.8 Å². The molecule has 2 aliphatic heterocycles. The third kappa shape index (κ3) is 5.89. The van der Waals surface area contributed by atoms with E-state index in [1.54, 1.807) is 0 Å². The van der Waals surface area contributed by atoms with Crippen LogP contribution in [0.25, 0.3) is 0 Å². The topological polar surface area (TPSA) is 98.8 Å². The van der Waals surface area contributed by atoms with Gasteiger partial charge in [0.05, 0.1) is 6.04 Å². The van der Waals surface area contributed by atoms with Gasteiger partial charge in [0, 0.05) is 24.7 Å². The Morgan fingerprint density at radius 2 is 1.80 bits per heavy atom. The van der Waals surface area contributed by atoms with Crippen LogP contribution in [0, 0.1) is 18.8 Å². The summed E-state index contributed by atoms with van der Waals surface area (Å²) in [5, 5.41) is 7.24. The molecular formula is C26H34N4O4S. The van der Waals surface area contributed by atoms with E-state index in [2.05, 4.69) is 10.6 Å². The Morgan fingerprint density at radius 1 is 1.09 bits per heavy atom. The number of hydrogen-bond donors (Lipinski definition) is 2. The van der Waals surface area contributed by atoms with E-state index < -0.39 is 17.3 Å². The van der Waals surface area contributed by atoms with Crippen LogP contribution in [0.5, 0.6) is 0 Å². The van der Waals surface area contributed by atoms with Crippen LogP contribution in [-0.2, 0) is 14.4 Å². The van der Waals surface area contributed by atoms with Gasteiger partial charge in [-0.15, -0.1) is 11.8 Å². The van der Waals surface area contributed by atoms with Crippen LogP contribution in [0.4, 0.5) is 10.5 Å². The predicted octanol–water partition coefficient (Wildman–Crippen LogP) is 3.53. The normalized spacial score (nSPS) is 26.0. The molecule has 35 heavy (non-hydrogen) atoms. The fourth-order valence-electron chi connectivity index (χ4n) is 4.99. The van der Waals surface area contributed by atoms with E-state index in [1.165, 1.54) is 21.6 Å². The second kappa shape index (κ2) is 11.3. The highest BCUT2D eigenvalue weighted by molar-refractivity contribution is 8.03. The number of carbonyl (C=O) groups is 4. The first-order valence-electron chi connectivity index (χ1n) is 12.5. The number of nitrogens with zero attached hydrogens (tertiary/aromatic N) is 2. The van der Waals surface area contributed by atoms with Crippen molar-refractivity contribution >= 4 is 41.2 Å². The van der Waals surface area contributed by atoms with E-state index >= 15 is 0 Å². The highest BCUT2D eigenvalue weighted by Gasteiger charge is 2.48. The number of benzene rings is 1. The smallest absolute Gasteiger partial charge is 0.327 e. The number of hydrogen-bond acceptors (Lipinski definition) is 5. The quantitative estimate of drug-likeness (QED) is 0.571. The molecule has 2 fully saturated rings. The van der Waals surface area contributed by atoms with Crippen molar-refractivity contribution in [2.45, 2.75) is 57.2 Å². The third-order valence-electron chi connectivity index (χ3n) is 7.01. The van der Waals surface area contributed by atoms with Crippen LogP contribution < -0.4 is 10.6 Å². The number of anilines is 1. The maximum atomic E-state index is 13.4. The molecule has 188 valence electrons. The Labute approximate surface area is 210 Å². The third-order valence-corrected chi connectivity index (χ3v) is 8.10. The molecule has 0 spiro atoms. The van der Waals surface area contributed by atoms with Gasteiger partial charge in [-0.05, 0) is 62.5 Å². The van der Waals surface area contributed by atoms with Crippen molar-refractivity contribution in [3.8, 4) is 0 Å². The summed E-state index contributed by atoms with van der Waals surface area (Å²) in [5.74, 6) is -0.201. The van der Waals surface area contributed by atoms with Crippen molar-refractivity contribution in [2.75, 3.05) is 25.0 Å². The molecule has 1 saturated carbocycles. The van der Waals surface area contributed by atoms with Crippen molar-refractivity contribution in [3.63, 3.8) is 0 Å². The lowest BCUT2D eigenvalue weighted by molar-refractivity contribution is -0.133. The fourth-order valence-corrected chi connectivity index (χ4v) is 6.05. The predicted molar refractivity (Wildman–Crippen MR) is 137 cm³/mol. The molecule has 5 amide bonds. The summed E-state index contributed by atoms with van der Waals surface area (Å²) in [5.41, 5.74) is 1.76. The Bertz CT molecular complexity index is 988. The van der Waals surface area contributed by atoms with E-state index in [9.17, 15) is 19.2 Å². The second-order valence-corrected chi connectivity index (χ2v) is 10.7. The van der Waals surface area contributed by atoms with Crippen LogP contribution in [0.2, 0.25) is 0 Å². The molecule has 8 nitrogen and oxygen atoms in total. The Morgan fingerprint density at radius 3 is 2.49 bits per heavy atom. The molecule has 4 rings (SSSR count). The van der Waals surface area contributed by atoms with E-state index in [0.29, 0.717) is 18.8 Å². The Kier molecular flexibility index (Phi) is 8.15. The monoisotopic (exact) mass is 498 g/mol. The summed E-state index contributed by atoms with van der Waals surface area (Å²) in [6.07, 6.45) is 5.88. The van der Waals surface area contributed by atoms with Gasteiger partial charge in [0.2, 0.25) is 17.7 Å². The maximum Gasteiger partial charge on any atom is 0.327 e. The van der Waals surface area contributed by atoms with Crippen LogP contribution >= 0.6 is 11.8 Å². The van der Waals surface area contributed by atoms with Gasteiger partial charge in [-0.1, -0.05) is 30.7 Å². The van der Waals surface area contributed by atoms with Crippen molar-refractivity contribution in [3.05, 3.63) is 41.3 Å². The number of imide groups is 1. The zero-order valence-electron chi connectivity index (χ0n) is 20.4. The van der Waals surface area contributed by atoms with Crippen LogP contribution in [0.1, 0.15) is 44.6 Å². The molecule has 3 aliphatic rings. The lowest BCUT2D eigenvalue weighted by Crippen LogP contribution is -2.63. The molecule has 1 aliphatic carbocycles. The summed E-state index contributed by atoms with van der Waals surface area (Å²) in [6, 6.07) is 6.65. The largest absolute Gasteiger partial charge is 0.356 e. The molecule has 1 aromatic carbocycles. The van der Waals surface area contributed by atoms with Gasteiger partial charge in [-0.25, -0.2) is 4.79 Å². The summed E-state index contributed by atoms with van der Waals surface area (Å²) in [4.78, 5) is 54.5. The van der Waals surface area contributed by atoms with Crippen molar-refractivity contribution in [1.29, 1.82) is 0 Å². The first kappa shape index (κ1) is 25.3. The van der Waals surface area contributed by atoms with Crippen molar-refractivity contribution in [1.82, 2.24) is 15.1 Å². The van der Waals surface area contributed by atoms with Crippen molar-refractivity contribution < 1.29 is 19.2 Å². The van der Waals surface area contributed by atoms with E-state index in [0.717, 1.165) is 37.7 Å². The van der Waals surface area contributed by atoms with E-state index in [-0.39, 0.29) is 36.1 Å². The second-order valence-electron chi connectivity index (χ2n) is 9.66. The molecule has 1 aromatic rings. The van der Waals surface area contributed by atoms with Gasteiger partial charge in [-0.3, -0.25) is 19.3 Å². The van der Waals surface area contributed by atoms with Gasteiger partial charge >= 0.3 is 6.03 Å². The van der Waals surface area contributed by atoms with Gasteiger partial charge in [0.1, 0.15) is 11.8 Å². The van der Waals surface area contributed by atoms with Gasteiger partial charge in [0.25, 0.3) is 0 Å². The zero-order chi connectivity index (χ0) is 24.9. The Balaban J connectivity index is 1.38. The summed E-state index contributed by atoms with van der Waals surface area (Å²) >= 11 is 1.40. The summed E-state index contributed by atoms with van der Waals surface area (Å²) < 4.78 is 0. The molecule has 2 N–H and O–H groups in total. The minimum absolute atomic E-state index is 0.00601. The SMILES string of the molecule is CCCNC(=O)C1CCC(CN2C(=O)C3SC=CC3N(CC(=O)Nc3ccc(C)cc3)C2=O)CC1. The van der Waals surface area contributed by atoms with Gasteiger partial charge in [-0.2, -0.15) is 0 Å². The molecule has 2 heterocycles. The standard InChI is InChI=1S/C26H34N4O4S/c1-3-13-27-24(32)19-8-6-18(7-9-19)15-30-25(33)23-21(12-14-35-23)29(26(30)34)16-22(31)28-20-10-4-17(2)5-11-20/h4-5,10-12,14,18-19,21,23H,3,6-9,13,15-16H2,1-2H3,(H,27,32)(H,28,31). The van der Waals surface area contributed by atoms with E-state index in [1.807, 2.05) is 49.6 Å². The number of urea groups is 1. The number of carbonyl (C=O) groups excluding carboxylic acids is 4. The molecule has 2 unspecified atom stereocenters. The summed E-state index contributed by atoms with van der Waals surface area (Å²) in [6.45, 7) is 4.91. The van der Waals surface area contributed by atoms with Crippen LogP contribution in [-0.4, -0.2) is 64.5 Å². The average Bonchev–Trinajstić information content (AvgIpc) is 3.35. The Hall–Kier alpha value is -2.81. The lowest BCUT2D eigenvalue weighted by atomic mass is 9.81. The molecule has 2 atom stereocenters. The molecule has 0 aromatic heterocycles. The minimum atomic E-state index is -0.420. The number of amides is 5. The number of thioether (sulfide) groups is 1. The van der Waals surface area contributed by atoms with Gasteiger partial charge in [0.15, 0.2) is 0 Å². The number of rotatable bonds is 8. The summed E-state index contributed by atoms with van der Waals surface area (Å²) in [7, 11) is 0.